The van der Waals surface area contributed by atoms with E-state index in [1.807, 2.05) is 41.3 Å². The van der Waals surface area contributed by atoms with Crippen molar-refractivity contribution in [3.8, 4) is 0 Å². The summed E-state index contributed by atoms with van der Waals surface area (Å²) in [6.45, 7) is 6.20. The molecule has 0 saturated heterocycles. The van der Waals surface area contributed by atoms with Crippen LogP contribution in [0.4, 0.5) is 11.5 Å². The fourth-order valence-corrected chi connectivity index (χ4v) is 4.18. The zero-order chi connectivity index (χ0) is 20.6. The molecule has 1 aromatic carbocycles. The number of allylic oxidation sites excluding steroid dienone is 1. The molecule has 3 heterocycles. The van der Waals surface area contributed by atoms with Gasteiger partial charge in [-0.05, 0) is 36.4 Å². The molecule has 4 rings (SSSR count). The second kappa shape index (κ2) is 7.49. The molecule has 1 aromatic heterocycles. The van der Waals surface area contributed by atoms with Crippen molar-refractivity contribution in [2.45, 2.75) is 32.1 Å². The van der Waals surface area contributed by atoms with Crippen molar-refractivity contribution >= 4 is 27.2 Å². The van der Waals surface area contributed by atoms with Crippen LogP contribution in [0.3, 0.4) is 0 Å². The Hall–Kier alpha value is -2.91. The van der Waals surface area contributed by atoms with Crippen LogP contribution in [0.1, 0.15) is 26.0 Å². The van der Waals surface area contributed by atoms with Crippen LogP contribution in [0.2, 0.25) is 0 Å². The van der Waals surface area contributed by atoms with Crippen LogP contribution >= 0.6 is 0 Å². The minimum Gasteiger partial charge on any atom is -0.329 e. The monoisotopic (exact) mass is 412 g/mol. The number of aromatic nitrogens is 2. The number of hydrogen-bond donors (Lipinski definition) is 2. The Morgan fingerprint density at radius 2 is 2.10 bits per heavy atom. The fourth-order valence-electron chi connectivity index (χ4n) is 3.26. The molecule has 2 aliphatic rings. The third kappa shape index (κ3) is 3.83. The third-order valence-corrected chi connectivity index (χ3v) is 6.62. The van der Waals surface area contributed by atoms with Crippen LogP contribution in [0.5, 0.6) is 0 Å². The molecule has 0 amide bonds. The first-order valence-electron chi connectivity index (χ1n) is 9.57. The van der Waals surface area contributed by atoms with E-state index in [1.165, 1.54) is 0 Å². The smallest absolute Gasteiger partial charge is 0.284 e. The normalized spacial score (nSPS) is 16.9. The summed E-state index contributed by atoms with van der Waals surface area (Å²) >= 11 is 0. The van der Waals surface area contributed by atoms with Gasteiger partial charge in [0.25, 0.3) is 11.7 Å². The van der Waals surface area contributed by atoms with Gasteiger partial charge in [0.15, 0.2) is 21.9 Å². The Labute approximate surface area is 170 Å². The molecule has 0 bridgehead atoms. The van der Waals surface area contributed by atoms with Crippen molar-refractivity contribution in [2.24, 2.45) is 4.99 Å². The van der Waals surface area contributed by atoms with Gasteiger partial charge < -0.3 is 4.90 Å². The van der Waals surface area contributed by atoms with Crippen molar-refractivity contribution < 1.29 is 8.42 Å². The van der Waals surface area contributed by atoms with Crippen molar-refractivity contribution in [3.05, 3.63) is 59.9 Å². The number of aryl methyl sites for hydroxylation is 1. The van der Waals surface area contributed by atoms with Gasteiger partial charge in [0.2, 0.25) is 0 Å². The number of anilines is 2. The lowest BCUT2D eigenvalue weighted by atomic mass is 10.2. The van der Waals surface area contributed by atoms with E-state index < -0.39 is 9.84 Å². The summed E-state index contributed by atoms with van der Waals surface area (Å²) in [6, 6.07) is 8.95. The number of amidine groups is 1. The standard InChI is InChI=1S/C20H24N6O2S/c1-4-15-11-26-19(21-15)12-25(13-20(26)22-18-9-14(3)23-24-18)16-7-6-8-17(10-16)29(27,28)5-2/h6-11,13H,4-5,12H2,1-3H3,(H2,22,23,24)/q+1. The van der Waals surface area contributed by atoms with Crippen LogP contribution in [0, 0.1) is 6.92 Å². The number of nitrogens with one attached hydrogen (secondary N) is 2. The second-order valence-corrected chi connectivity index (χ2v) is 9.25. The molecule has 151 valence electrons. The predicted molar refractivity (Wildman–Crippen MR) is 114 cm³/mol. The second-order valence-electron chi connectivity index (χ2n) is 6.98. The molecule has 2 aromatic rings. The summed E-state index contributed by atoms with van der Waals surface area (Å²) in [5, 5.41) is 10.5. The number of nitrogens with zero attached hydrogens (tertiary/aromatic N) is 4. The topological polar surface area (TPSA) is 96.4 Å². The SMILES string of the molecule is CCC1=C[N+]2C(Nc3cc(C)[nH]n3)=CN(c3cccc(S(=O)(=O)CC)c3)CC2=N1. The van der Waals surface area contributed by atoms with Gasteiger partial charge in [-0.25, -0.2) is 8.42 Å². The van der Waals surface area contributed by atoms with Crippen LogP contribution in [0.15, 0.2) is 64.1 Å². The molecule has 0 atom stereocenters. The first-order valence-corrected chi connectivity index (χ1v) is 11.2. The molecule has 29 heavy (non-hydrogen) atoms. The molecular formula is C20H24N6O2S+. The molecule has 2 aliphatic heterocycles. The predicted octanol–water partition coefficient (Wildman–Crippen LogP) is 3.05. The number of rotatable bonds is 6. The lowest BCUT2D eigenvalue weighted by Crippen LogP contribution is -2.45. The lowest BCUT2D eigenvalue weighted by molar-refractivity contribution is 0.597. The Kier molecular flexibility index (Phi) is 5.01. The molecule has 9 heteroatoms. The Bertz CT molecular complexity index is 1130. The van der Waals surface area contributed by atoms with Gasteiger partial charge in [-0.2, -0.15) is 10.1 Å². The van der Waals surface area contributed by atoms with E-state index in [2.05, 4.69) is 22.4 Å². The van der Waals surface area contributed by atoms with Gasteiger partial charge in [-0.15, -0.1) is 0 Å². The first kappa shape index (κ1) is 19.4. The molecule has 2 N–H and O–H groups in total. The van der Waals surface area contributed by atoms with E-state index in [0.29, 0.717) is 17.3 Å². The van der Waals surface area contributed by atoms with Crippen molar-refractivity contribution in [2.75, 3.05) is 22.5 Å². The number of aliphatic imine (C=N–C) groups is 1. The first-order chi connectivity index (χ1) is 13.9. The molecule has 1 radical (unpaired) electrons. The average molecular weight is 413 g/mol. The summed E-state index contributed by atoms with van der Waals surface area (Å²) in [5.74, 6) is 2.45. The lowest BCUT2D eigenvalue weighted by Gasteiger charge is -2.25. The highest BCUT2D eigenvalue weighted by Crippen LogP contribution is 2.28. The molecule has 0 saturated carbocycles. The van der Waals surface area contributed by atoms with Crippen LogP contribution < -0.4 is 15.1 Å². The highest BCUT2D eigenvalue weighted by Gasteiger charge is 2.39. The maximum absolute atomic E-state index is 12.3. The zero-order valence-corrected chi connectivity index (χ0v) is 17.5. The van der Waals surface area contributed by atoms with Crippen molar-refractivity contribution in [1.29, 1.82) is 0 Å². The van der Waals surface area contributed by atoms with E-state index in [9.17, 15) is 8.42 Å². The summed E-state index contributed by atoms with van der Waals surface area (Å²) in [5.41, 5.74) is 2.75. The summed E-state index contributed by atoms with van der Waals surface area (Å²) in [6.07, 6.45) is 4.80. The summed E-state index contributed by atoms with van der Waals surface area (Å²) < 4.78 is 24.6. The van der Waals surface area contributed by atoms with Crippen molar-refractivity contribution in [3.63, 3.8) is 0 Å². The number of benzene rings is 1. The largest absolute Gasteiger partial charge is 0.329 e. The van der Waals surface area contributed by atoms with Gasteiger partial charge in [0.1, 0.15) is 12.2 Å². The Morgan fingerprint density at radius 3 is 2.79 bits per heavy atom. The van der Waals surface area contributed by atoms with Gasteiger partial charge in [-0.1, -0.05) is 19.9 Å². The van der Waals surface area contributed by atoms with E-state index >= 15 is 0 Å². The highest BCUT2D eigenvalue weighted by molar-refractivity contribution is 7.91. The maximum Gasteiger partial charge on any atom is 0.284 e. The number of aromatic amines is 1. The van der Waals surface area contributed by atoms with E-state index in [1.54, 1.807) is 25.1 Å². The molecule has 0 spiro atoms. The van der Waals surface area contributed by atoms with Crippen LogP contribution in [-0.4, -0.2) is 36.7 Å². The minimum atomic E-state index is -3.28. The summed E-state index contributed by atoms with van der Waals surface area (Å²) in [7, 11) is -3.28. The molecular weight excluding hydrogens is 388 g/mol. The van der Waals surface area contributed by atoms with Gasteiger partial charge in [-0.3, -0.25) is 10.4 Å². The van der Waals surface area contributed by atoms with Crippen LogP contribution in [0.25, 0.3) is 0 Å². The maximum atomic E-state index is 12.3. The molecule has 0 unspecified atom stereocenters. The average Bonchev–Trinajstić information content (AvgIpc) is 3.33. The number of H-pyrrole nitrogens is 1. The van der Waals surface area contributed by atoms with Gasteiger partial charge in [0.05, 0.1) is 16.8 Å². The quantitative estimate of drug-likeness (QED) is 0.711. The Balaban J connectivity index is 1.72. The third-order valence-electron chi connectivity index (χ3n) is 4.89. The number of fused-ring (bicyclic) bond motifs is 1. The minimum absolute atomic E-state index is 0.0713. The highest BCUT2D eigenvalue weighted by atomic mass is 32.2. The fraction of sp³-hybridized carbons (Fsp3) is 0.300. The molecule has 8 nitrogen and oxygen atoms in total. The zero-order valence-electron chi connectivity index (χ0n) is 16.7. The Morgan fingerprint density at radius 1 is 1.28 bits per heavy atom. The van der Waals surface area contributed by atoms with Crippen molar-refractivity contribution in [1.82, 2.24) is 15.1 Å². The van der Waals surface area contributed by atoms with E-state index in [4.69, 9.17) is 4.99 Å². The van der Waals surface area contributed by atoms with E-state index in [-0.39, 0.29) is 5.75 Å². The molecule has 0 fully saturated rings. The summed E-state index contributed by atoms with van der Waals surface area (Å²) in [4.78, 5) is 9.07. The molecule has 0 aliphatic carbocycles. The van der Waals surface area contributed by atoms with Crippen LogP contribution in [-0.2, 0) is 9.84 Å². The number of sulfone groups is 1. The van der Waals surface area contributed by atoms with Gasteiger partial charge in [0, 0.05) is 17.4 Å². The van der Waals surface area contributed by atoms with Gasteiger partial charge >= 0.3 is 0 Å². The number of hydrogen-bond acceptors (Lipinski definition) is 7. The van der Waals surface area contributed by atoms with E-state index in [0.717, 1.165) is 35.2 Å².